The molecule has 5 heteroatoms. The zero-order valence-electron chi connectivity index (χ0n) is 10.3. The van der Waals surface area contributed by atoms with Crippen LogP contribution in [0.5, 0.6) is 0 Å². The van der Waals surface area contributed by atoms with Crippen LogP contribution in [0, 0.1) is 5.92 Å². The maximum atomic E-state index is 11.9. The van der Waals surface area contributed by atoms with Crippen LogP contribution < -0.4 is 5.32 Å². The van der Waals surface area contributed by atoms with Crippen molar-refractivity contribution >= 4 is 5.91 Å². The van der Waals surface area contributed by atoms with Crippen LogP contribution in [-0.4, -0.2) is 49.1 Å². The van der Waals surface area contributed by atoms with Gasteiger partial charge in [0.15, 0.2) is 0 Å². The molecule has 2 heterocycles. The average molecular weight is 243 g/mol. The molecule has 1 amide bonds. The third-order valence-corrected chi connectivity index (χ3v) is 3.73. The highest BCUT2D eigenvalue weighted by molar-refractivity contribution is 5.79. The van der Waals surface area contributed by atoms with Gasteiger partial charge in [0.25, 0.3) is 0 Å². The van der Waals surface area contributed by atoms with E-state index in [1.54, 1.807) is 0 Å². The van der Waals surface area contributed by atoms with Crippen molar-refractivity contribution < 1.29 is 19.4 Å². The Kier molecular flexibility index (Phi) is 4.01. The van der Waals surface area contributed by atoms with Gasteiger partial charge in [-0.25, -0.2) is 0 Å². The Morgan fingerprint density at radius 2 is 2.12 bits per heavy atom. The van der Waals surface area contributed by atoms with E-state index in [1.165, 1.54) is 0 Å². The van der Waals surface area contributed by atoms with Gasteiger partial charge in [0.1, 0.15) is 0 Å². The number of ether oxygens (including phenoxy) is 2. The van der Waals surface area contributed by atoms with E-state index >= 15 is 0 Å². The fraction of sp³-hybridized carbons (Fsp3) is 0.917. The lowest BCUT2D eigenvalue weighted by atomic mass is 9.93. The van der Waals surface area contributed by atoms with E-state index < -0.39 is 5.60 Å². The predicted octanol–water partition coefficient (Wildman–Crippen LogP) is 0.0691. The molecule has 2 unspecified atom stereocenters. The highest BCUT2D eigenvalue weighted by Gasteiger charge is 2.34. The normalized spacial score (nSPS) is 32.4. The van der Waals surface area contributed by atoms with E-state index in [0.717, 1.165) is 6.42 Å². The monoisotopic (exact) mass is 243 g/mol. The molecule has 0 spiro atoms. The largest absolute Gasteiger partial charge is 0.388 e. The minimum atomic E-state index is -0.795. The van der Waals surface area contributed by atoms with Crippen LogP contribution in [0.2, 0.25) is 0 Å². The van der Waals surface area contributed by atoms with Gasteiger partial charge in [-0.05, 0) is 13.3 Å². The van der Waals surface area contributed by atoms with Crippen molar-refractivity contribution in [3.63, 3.8) is 0 Å². The number of carbonyl (C=O) groups excluding carboxylic acids is 1. The SMILES string of the molecule is CC1OCCC1C(=O)NCC1(O)CCOCC1. The molecule has 98 valence electrons. The molecule has 17 heavy (non-hydrogen) atoms. The Bertz CT molecular complexity index is 276. The zero-order valence-corrected chi connectivity index (χ0v) is 10.3. The third kappa shape index (κ3) is 3.18. The highest BCUT2D eigenvalue weighted by Crippen LogP contribution is 2.22. The van der Waals surface area contributed by atoms with Gasteiger partial charge in [0.2, 0.25) is 5.91 Å². The number of carbonyl (C=O) groups is 1. The summed E-state index contributed by atoms with van der Waals surface area (Å²) in [7, 11) is 0. The van der Waals surface area contributed by atoms with Crippen LogP contribution >= 0.6 is 0 Å². The van der Waals surface area contributed by atoms with Gasteiger partial charge in [-0.2, -0.15) is 0 Å². The Labute approximate surface area is 101 Å². The molecule has 2 aliphatic rings. The highest BCUT2D eigenvalue weighted by atomic mass is 16.5. The van der Waals surface area contributed by atoms with Crippen molar-refractivity contribution in [3.8, 4) is 0 Å². The predicted molar refractivity (Wildman–Crippen MR) is 61.5 cm³/mol. The van der Waals surface area contributed by atoms with E-state index in [2.05, 4.69) is 5.32 Å². The van der Waals surface area contributed by atoms with Crippen LogP contribution in [0.15, 0.2) is 0 Å². The summed E-state index contributed by atoms with van der Waals surface area (Å²) in [6.07, 6.45) is 1.93. The van der Waals surface area contributed by atoms with Crippen molar-refractivity contribution in [2.45, 2.75) is 37.9 Å². The molecule has 0 bridgehead atoms. The summed E-state index contributed by atoms with van der Waals surface area (Å²) in [5.74, 6) is -0.0756. The van der Waals surface area contributed by atoms with E-state index in [1.807, 2.05) is 6.92 Å². The number of amides is 1. The Morgan fingerprint density at radius 1 is 1.41 bits per heavy atom. The first-order valence-electron chi connectivity index (χ1n) is 6.30. The Balaban J connectivity index is 1.79. The smallest absolute Gasteiger partial charge is 0.225 e. The van der Waals surface area contributed by atoms with Crippen LogP contribution in [-0.2, 0) is 14.3 Å². The van der Waals surface area contributed by atoms with Crippen molar-refractivity contribution in [1.82, 2.24) is 5.32 Å². The fourth-order valence-corrected chi connectivity index (χ4v) is 2.39. The molecule has 5 nitrogen and oxygen atoms in total. The molecular weight excluding hydrogens is 222 g/mol. The van der Waals surface area contributed by atoms with Crippen molar-refractivity contribution in [2.24, 2.45) is 5.92 Å². The van der Waals surface area contributed by atoms with E-state index in [0.29, 0.717) is 39.2 Å². The molecule has 0 saturated carbocycles. The summed E-state index contributed by atoms with van der Waals surface area (Å²) >= 11 is 0. The molecule has 0 aliphatic carbocycles. The van der Waals surface area contributed by atoms with Crippen LogP contribution in [0.4, 0.5) is 0 Å². The van der Waals surface area contributed by atoms with Gasteiger partial charge in [-0.1, -0.05) is 0 Å². The quantitative estimate of drug-likeness (QED) is 0.736. The lowest BCUT2D eigenvalue weighted by Gasteiger charge is -2.32. The summed E-state index contributed by atoms with van der Waals surface area (Å²) in [5, 5.41) is 13.0. The Hall–Kier alpha value is -0.650. The molecule has 0 aromatic carbocycles. The number of hydrogen-bond donors (Lipinski definition) is 2. The Morgan fingerprint density at radius 3 is 2.71 bits per heavy atom. The number of hydrogen-bond acceptors (Lipinski definition) is 4. The molecule has 2 saturated heterocycles. The lowest BCUT2D eigenvalue weighted by Crippen LogP contribution is -2.48. The fourth-order valence-electron chi connectivity index (χ4n) is 2.39. The second kappa shape index (κ2) is 5.33. The first kappa shape index (κ1) is 12.8. The zero-order chi connectivity index (χ0) is 12.3. The van der Waals surface area contributed by atoms with Gasteiger partial charge >= 0.3 is 0 Å². The third-order valence-electron chi connectivity index (χ3n) is 3.73. The van der Waals surface area contributed by atoms with Crippen LogP contribution in [0.25, 0.3) is 0 Å². The maximum Gasteiger partial charge on any atom is 0.225 e. The van der Waals surface area contributed by atoms with E-state index in [9.17, 15) is 9.90 Å². The standard InChI is InChI=1S/C12H21NO4/c1-9-10(2-5-17-9)11(14)13-8-12(15)3-6-16-7-4-12/h9-10,15H,2-8H2,1H3,(H,13,14). The first-order chi connectivity index (χ1) is 8.11. The van der Waals surface area contributed by atoms with Crippen molar-refractivity contribution in [2.75, 3.05) is 26.4 Å². The van der Waals surface area contributed by atoms with Crippen molar-refractivity contribution in [3.05, 3.63) is 0 Å². The number of nitrogens with one attached hydrogen (secondary N) is 1. The number of aliphatic hydroxyl groups is 1. The van der Waals surface area contributed by atoms with Crippen molar-refractivity contribution in [1.29, 1.82) is 0 Å². The number of rotatable bonds is 3. The minimum Gasteiger partial charge on any atom is -0.388 e. The second-order valence-electron chi connectivity index (χ2n) is 5.03. The average Bonchev–Trinajstić information content (AvgIpc) is 2.74. The summed E-state index contributed by atoms with van der Waals surface area (Å²) in [6.45, 7) is 4.01. The van der Waals surface area contributed by atoms with Gasteiger partial charge in [0.05, 0.1) is 17.6 Å². The first-order valence-corrected chi connectivity index (χ1v) is 6.30. The molecule has 0 radical (unpaired) electrons. The molecule has 2 atom stereocenters. The molecule has 0 aromatic heterocycles. The van der Waals surface area contributed by atoms with Gasteiger partial charge in [-0.3, -0.25) is 4.79 Å². The van der Waals surface area contributed by atoms with E-state index in [4.69, 9.17) is 9.47 Å². The van der Waals surface area contributed by atoms with Gasteiger partial charge in [-0.15, -0.1) is 0 Å². The van der Waals surface area contributed by atoms with Crippen LogP contribution in [0.3, 0.4) is 0 Å². The maximum absolute atomic E-state index is 11.9. The summed E-state index contributed by atoms with van der Waals surface area (Å²) in [6, 6.07) is 0. The molecule has 2 rings (SSSR count). The second-order valence-corrected chi connectivity index (χ2v) is 5.03. The summed E-state index contributed by atoms with van der Waals surface area (Å²) < 4.78 is 10.6. The summed E-state index contributed by atoms with van der Waals surface area (Å²) in [4.78, 5) is 11.9. The van der Waals surface area contributed by atoms with Crippen LogP contribution in [0.1, 0.15) is 26.2 Å². The minimum absolute atomic E-state index is 0.00471. The molecule has 2 fully saturated rings. The van der Waals surface area contributed by atoms with Gasteiger partial charge < -0.3 is 19.9 Å². The summed E-state index contributed by atoms with van der Waals surface area (Å²) in [5.41, 5.74) is -0.795. The lowest BCUT2D eigenvalue weighted by molar-refractivity contribution is -0.129. The molecule has 0 aromatic rings. The van der Waals surface area contributed by atoms with E-state index in [-0.39, 0.29) is 17.9 Å². The molecular formula is C12H21NO4. The topological polar surface area (TPSA) is 67.8 Å². The molecule has 2 N–H and O–H groups in total. The van der Waals surface area contributed by atoms with Gasteiger partial charge in [0, 0.05) is 39.2 Å². The molecule has 2 aliphatic heterocycles.